The van der Waals surface area contributed by atoms with E-state index in [1.165, 1.54) is 0 Å². The van der Waals surface area contributed by atoms with E-state index in [0.29, 0.717) is 13.1 Å². The molecular weight excluding hydrogens is 126 g/mol. The molecule has 0 aromatic heterocycles. The number of hydrogen-bond donors (Lipinski definition) is 1. The summed E-state index contributed by atoms with van der Waals surface area (Å²) in [4.78, 5) is 1.64. The normalized spacial score (nSPS) is 25.7. The van der Waals surface area contributed by atoms with Gasteiger partial charge in [0.05, 0.1) is 13.1 Å². The van der Waals surface area contributed by atoms with E-state index >= 15 is 0 Å². The number of nitrogens with two attached hydrogens (primary N) is 1. The molecular formula is C5H10F2N2. The molecule has 2 N–H and O–H groups in total. The molecule has 1 rings (SSSR count). The van der Waals surface area contributed by atoms with Gasteiger partial charge in [0.25, 0.3) is 5.92 Å². The van der Waals surface area contributed by atoms with Gasteiger partial charge < -0.3 is 5.73 Å². The van der Waals surface area contributed by atoms with E-state index in [1.54, 1.807) is 4.90 Å². The summed E-state index contributed by atoms with van der Waals surface area (Å²) in [6.45, 7) is 0.847. The van der Waals surface area contributed by atoms with Crippen molar-refractivity contribution >= 4 is 0 Å². The minimum absolute atomic E-state index is 0.107. The van der Waals surface area contributed by atoms with Gasteiger partial charge >= 0.3 is 0 Å². The zero-order valence-electron chi connectivity index (χ0n) is 5.11. The zero-order chi connectivity index (χ0) is 6.91. The highest BCUT2D eigenvalue weighted by molar-refractivity contribution is 4.86. The maximum absolute atomic E-state index is 12.0. The van der Waals surface area contributed by atoms with Gasteiger partial charge in [-0.05, 0) is 0 Å². The van der Waals surface area contributed by atoms with Crippen LogP contribution in [-0.2, 0) is 0 Å². The monoisotopic (exact) mass is 136 g/mol. The van der Waals surface area contributed by atoms with Crippen molar-refractivity contribution in [3.05, 3.63) is 0 Å². The molecule has 0 aromatic rings. The van der Waals surface area contributed by atoms with E-state index in [-0.39, 0.29) is 13.1 Å². The first kappa shape index (κ1) is 6.89. The van der Waals surface area contributed by atoms with Gasteiger partial charge in [-0.25, -0.2) is 8.78 Å². The number of likely N-dealkylation sites (tertiary alicyclic amines) is 1. The third-order valence-electron chi connectivity index (χ3n) is 1.36. The number of nitrogens with zero attached hydrogens (tertiary/aromatic N) is 1. The van der Waals surface area contributed by atoms with Crippen molar-refractivity contribution < 1.29 is 8.78 Å². The summed E-state index contributed by atoms with van der Waals surface area (Å²) in [6, 6.07) is 0. The number of halogens is 2. The summed E-state index contributed by atoms with van der Waals surface area (Å²) in [5.41, 5.74) is 5.14. The fourth-order valence-electron chi connectivity index (χ4n) is 0.949. The summed E-state index contributed by atoms with van der Waals surface area (Å²) in [7, 11) is 0. The van der Waals surface area contributed by atoms with Crippen molar-refractivity contribution in [2.24, 2.45) is 5.73 Å². The lowest BCUT2D eigenvalue weighted by Crippen LogP contribution is -2.57. The largest absolute Gasteiger partial charge is 0.329 e. The molecule has 2 nitrogen and oxygen atoms in total. The Morgan fingerprint density at radius 1 is 1.44 bits per heavy atom. The quantitative estimate of drug-likeness (QED) is 0.574. The van der Waals surface area contributed by atoms with Gasteiger partial charge in [-0.2, -0.15) is 0 Å². The molecule has 0 radical (unpaired) electrons. The summed E-state index contributed by atoms with van der Waals surface area (Å²) >= 11 is 0. The summed E-state index contributed by atoms with van der Waals surface area (Å²) < 4.78 is 24.1. The molecule has 54 valence electrons. The fourth-order valence-corrected chi connectivity index (χ4v) is 0.949. The second-order valence-electron chi connectivity index (χ2n) is 2.36. The second kappa shape index (κ2) is 2.19. The molecule has 0 saturated carbocycles. The average molecular weight is 136 g/mol. The van der Waals surface area contributed by atoms with E-state index in [4.69, 9.17) is 5.73 Å². The van der Waals surface area contributed by atoms with Crippen LogP contribution in [0.3, 0.4) is 0 Å². The van der Waals surface area contributed by atoms with Crippen LogP contribution >= 0.6 is 0 Å². The van der Waals surface area contributed by atoms with Crippen molar-refractivity contribution in [1.29, 1.82) is 0 Å². The Bertz CT molecular complexity index is 97.1. The highest BCUT2D eigenvalue weighted by atomic mass is 19.3. The van der Waals surface area contributed by atoms with Crippen LogP contribution in [-0.4, -0.2) is 37.0 Å². The maximum Gasteiger partial charge on any atom is 0.272 e. The topological polar surface area (TPSA) is 29.3 Å². The van der Waals surface area contributed by atoms with Gasteiger partial charge in [-0.1, -0.05) is 0 Å². The van der Waals surface area contributed by atoms with Crippen LogP contribution in [0.1, 0.15) is 0 Å². The molecule has 0 bridgehead atoms. The van der Waals surface area contributed by atoms with Crippen molar-refractivity contribution in [2.75, 3.05) is 26.2 Å². The van der Waals surface area contributed by atoms with Gasteiger partial charge in [0, 0.05) is 13.1 Å². The van der Waals surface area contributed by atoms with Crippen LogP contribution in [0.4, 0.5) is 8.78 Å². The SMILES string of the molecule is NCCN1CC(F)(F)C1. The van der Waals surface area contributed by atoms with Gasteiger partial charge in [0.15, 0.2) is 0 Å². The molecule has 1 aliphatic rings. The first-order valence-electron chi connectivity index (χ1n) is 2.94. The summed E-state index contributed by atoms with van der Waals surface area (Å²) in [5, 5.41) is 0. The highest BCUT2D eigenvalue weighted by Gasteiger charge is 2.42. The van der Waals surface area contributed by atoms with Crippen LogP contribution < -0.4 is 5.73 Å². The van der Waals surface area contributed by atoms with Crippen LogP contribution in [0, 0.1) is 0 Å². The minimum Gasteiger partial charge on any atom is -0.329 e. The third-order valence-corrected chi connectivity index (χ3v) is 1.36. The first-order chi connectivity index (χ1) is 4.14. The van der Waals surface area contributed by atoms with Gasteiger partial charge in [0.2, 0.25) is 0 Å². The van der Waals surface area contributed by atoms with E-state index < -0.39 is 5.92 Å². The molecule has 9 heavy (non-hydrogen) atoms. The van der Waals surface area contributed by atoms with Gasteiger partial charge in [-0.3, -0.25) is 4.90 Å². The summed E-state index contributed by atoms with van der Waals surface area (Å²) in [6.07, 6.45) is 0. The molecule has 4 heteroatoms. The smallest absolute Gasteiger partial charge is 0.272 e. The standard InChI is InChI=1S/C5H10F2N2/c6-5(7)3-9(4-5)2-1-8/h1-4,8H2. The molecule has 1 fully saturated rings. The van der Waals surface area contributed by atoms with Crippen molar-refractivity contribution in [3.8, 4) is 0 Å². The molecule has 0 unspecified atom stereocenters. The summed E-state index contributed by atoms with van der Waals surface area (Å²) in [5.74, 6) is -2.44. The van der Waals surface area contributed by atoms with E-state index in [2.05, 4.69) is 0 Å². The lowest BCUT2D eigenvalue weighted by atomic mass is 10.1. The van der Waals surface area contributed by atoms with Crippen LogP contribution in [0.25, 0.3) is 0 Å². The Balaban J connectivity index is 2.12. The van der Waals surface area contributed by atoms with Crippen molar-refractivity contribution in [2.45, 2.75) is 5.92 Å². The molecule has 1 aliphatic heterocycles. The lowest BCUT2D eigenvalue weighted by molar-refractivity contribution is -0.128. The van der Waals surface area contributed by atoms with Crippen LogP contribution in [0.5, 0.6) is 0 Å². The fraction of sp³-hybridized carbons (Fsp3) is 1.00. The predicted molar refractivity (Wildman–Crippen MR) is 30.4 cm³/mol. The Hall–Kier alpha value is -0.220. The molecule has 1 heterocycles. The second-order valence-corrected chi connectivity index (χ2v) is 2.36. The maximum atomic E-state index is 12.0. The molecule has 1 saturated heterocycles. The molecule has 0 atom stereocenters. The Labute approximate surface area is 52.6 Å². The minimum atomic E-state index is -2.44. The van der Waals surface area contributed by atoms with E-state index in [9.17, 15) is 8.78 Å². The van der Waals surface area contributed by atoms with Gasteiger partial charge in [0.1, 0.15) is 0 Å². The Morgan fingerprint density at radius 2 is 2.00 bits per heavy atom. The molecule has 0 amide bonds. The van der Waals surface area contributed by atoms with Gasteiger partial charge in [-0.15, -0.1) is 0 Å². The zero-order valence-corrected chi connectivity index (χ0v) is 5.11. The molecule has 0 spiro atoms. The number of alkyl halides is 2. The number of rotatable bonds is 2. The van der Waals surface area contributed by atoms with Crippen LogP contribution in [0.2, 0.25) is 0 Å². The Morgan fingerprint density at radius 3 is 2.33 bits per heavy atom. The first-order valence-corrected chi connectivity index (χ1v) is 2.94. The third kappa shape index (κ3) is 1.59. The van der Waals surface area contributed by atoms with Crippen molar-refractivity contribution in [3.63, 3.8) is 0 Å². The van der Waals surface area contributed by atoms with E-state index in [1.807, 2.05) is 0 Å². The lowest BCUT2D eigenvalue weighted by Gasteiger charge is -2.38. The van der Waals surface area contributed by atoms with Crippen molar-refractivity contribution in [1.82, 2.24) is 4.90 Å². The van der Waals surface area contributed by atoms with Crippen LogP contribution in [0.15, 0.2) is 0 Å². The molecule has 0 aliphatic carbocycles. The highest BCUT2D eigenvalue weighted by Crippen LogP contribution is 2.25. The van der Waals surface area contributed by atoms with E-state index in [0.717, 1.165) is 0 Å². The predicted octanol–water partition coefficient (Wildman–Crippen LogP) is -0.104. The molecule has 0 aromatic carbocycles. The number of hydrogen-bond acceptors (Lipinski definition) is 2. The average Bonchev–Trinajstić information content (AvgIpc) is 1.62. The Kier molecular flexibility index (Phi) is 1.68.